The standard InChI is InChI=1S/C14H12ClN3O3/c1-9-4-2-3-5-10(9)7-17-14(19)11-6-13(15)16-8-12(11)18(20)21/h2-6,8H,7H2,1H3,(H,17,19). The highest BCUT2D eigenvalue weighted by Gasteiger charge is 2.21. The van der Waals surface area contributed by atoms with E-state index in [4.69, 9.17) is 11.6 Å². The topological polar surface area (TPSA) is 85.1 Å². The molecule has 0 spiro atoms. The van der Waals surface area contributed by atoms with Crippen LogP contribution in [0.3, 0.4) is 0 Å². The number of aromatic nitrogens is 1. The van der Waals surface area contributed by atoms with Crippen molar-refractivity contribution in [3.63, 3.8) is 0 Å². The molecule has 7 heteroatoms. The smallest absolute Gasteiger partial charge is 0.300 e. The number of pyridine rings is 1. The molecule has 0 aliphatic rings. The monoisotopic (exact) mass is 305 g/mol. The van der Waals surface area contributed by atoms with Gasteiger partial charge < -0.3 is 5.32 Å². The van der Waals surface area contributed by atoms with Gasteiger partial charge in [0.05, 0.1) is 4.92 Å². The Labute approximate surface area is 125 Å². The van der Waals surface area contributed by atoms with E-state index in [0.29, 0.717) is 0 Å². The Morgan fingerprint density at radius 3 is 2.81 bits per heavy atom. The van der Waals surface area contributed by atoms with Crippen molar-refractivity contribution in [1.82, 2.24) is 10.3 Å². The maximum atomic E-state index is 12.1. The summed E-state index contributed by atoms with van der Waals surface area (Å²) in [5.74, 6) is -0.561. The number of rotatable bonds is 4. The molecule has 0 saturated carbocycles. The van der Waals surface area contributed by atoms with Gasteiger partial charge in [-0.15, -0.1) is 0 Å². The number of carbonyl (C=O) groups excluding carboxylic acids is 1. The second-order valence-corrected chi connectivity index (χ2v) is 4.78. The zero-order valence-corrected chi connectivity index (χ0v) is 11.9. The van der Waals surface area contributed by atoms with Crippen LogP contribution >= 0.6 is 11.6 Å². The number of aryl methyl sites for hydroxylation is 1. The van der Waals surface area contributed by atoms with Gasteiger partial charge in [0.1, 0.15) is 16.9 Å². The molecule has 0 radical (unpaired) electrons. The van der Waals surface area contributed by atoms with Crippen LogP contribution in [0.5, 0.6) is 0 Å². The van der Waals surface area contributed by atoms with Crippen LogP contribution in [-0.2, 0) is 6.54 Å². The maximum absolute atomic E-state index is 12.1. The van der Waals surface area contributed by atoms with Crippen LogP contribution in [0.1, 0.15) is 21.5 Å². The quantitative estimate of drug-likeness (QED) is 0.534. The van der Waals surface area contributed by atoms with E-state index >= 15 is 0 Å². The third kappa shape index (κ3) is 3.55. The second-order valence-electron chi connectivity index (χ2n) is 4.39. The Morgan fingerprint density at radius 2 is 2.14 bits per heavy atom. The number of nitrogens with zero attached hydrogens (tertiary/aromatic N) is 2. The summed E-state index contributed by atoms with van der Waals surface area (Å²) in [6.45, 7) is 2.20. The Bertz CT molecular complexity index is 704. The molecule has 2 aromatic rings. The molecule has 0 atom stereocenters. The molecule has 6 nitrogen and oxygen atoms in total. The third-order valence-electron chi connectivity index (χ3n) is 2.99. The van der Waals surface area contributed by atoms with E-state index in [1.165, 1.54) is 6.07 Å². The summed E-state index contributed by atoms with van der Waals surface area (Å²) in [6, 6.07) is 8.75. The summed E-state index contributed by atoms with van der Waals surface area (Å²) in [5, 5.41) is 13.6. The number of amides is 1. The molecule has 1 aromatic carbocycles. The average Bonchev–Trinajstić information content (AvgIpc) is 2.45. The molecule has 108 valence electrons. The first-order valence-electron chi connectivity index (χ1n) is 6.11. The van der Waals surface area contributed by atoms with Crippen molar-refractivity contribution < 1.29 is 9.72 Å². The molecular formula is C14H12ClN3O3. The van der Waals surface area contributed by atoms with Gasteiger partial charge in [0.2, 0.25) is 0 Å². The summed E-state index contributed by atoms with van der Waals surface area (Å²) >= 11 is 5.69. The van der Waals surface area contributed by atoms with Gasteiger partial charge in [0, 0.05) is 6.54 Å². The van der Waals surface area contributed by atoms with E-state index in [0.717, 1.165) is 17.3 Å². The summed E-state index contributed by atoms with van der Waals surface area (Å²) in [4.78, 5) is 26.0. The van der Waals surface area contributed by atoms with Gasteiger partial charge in [0.25, 0.3) is 11.6 Å². The summed E-state index contributed by atoms with van der Waals surface area (Å²) in [5.41, 5.74) is 1.49. The van der Waals surface area contributed by atoms with Crippen LogP contribution in [0.2, 0.25) is 5.15 Å². The highest BCUT2D eigenvalue weighted by Crippen LogP contribution is 2.20. The van der Waals surface area contributed by atoms with Crippen LogP contribution < -0.4 is 5.32 Å². The Kier molecular flexibility index (Phi) is 4.49. The molecule has 1 amide bonds. The maximum Gasteiger partial charge on any atom is 0.300 e. The van der Waals surface area contributed by atoms with E-state index in [-0.39, 0.29) is 22.9 Å². The lowest BCUT2D eigenvalue weighted by atomic mass is 10.1. The first kappa shape index (κ1) is 14.9. The number of benzene rings is 1. The van der Waals surface area contributed by atoms with Crippen LogP contribution in [0, 0.1) is 17.0 Å². The zero-order valence-electron chi connectivity index (χ0n) is 11.2. The van der Waals surface area contributed by atoms with Gasteiger partial charge in [-0.2, -0.15) is 0 Å². The van der Waals surface area contributed by atoms with Crippen LogP contribution in [0.25, 0.3) is 0 Å². The van der Waals surface area contributed by atoms with E-state index < -0.39 is 10.8 Å². The lowest BCUT2D eigenvalue weighted by molar-refractivity contribution is -0.385. The fourth-order valence-corrected chi connectivity index (χ4v) is 1.99. The third-order valence-corrected chi connectivity index (χ3v) is 3.20. The molecule has 21 heavy (non-hydrogen) atoms. The minimum atomic E-state index is -0.661. The fraction of sp³-hybridized carbons (Fsp3) is 0.143. The van der Waals surface area contributed by atoms with Crippen molar-refractivity contribution in [3.05, 3.63) is 68.5 Å². The van der Waals surface area contributed by atoms with Crippen molar-refractivity contribution in [2.45, 2.75) is 13.5 Å². The van der Waals surface area contributed by atoms with Crippen molar-refractivity contribution in [1.29, 1.82) is 0 Å². The molecule has 0 aliphatic carbocycles. The lowest BCUT2D eigenvalue weighted by Crippen LogP contribution is -2.24. The number of hydrogen-bond acceptors (Lipinski definition) is 4. The first-order chi connectivity index (χ1) is 9.99. The molecular weight excluding hydrogens is 294 g/mol. The molecule has 0 saturated heterocycles. The van der Waals surface area contributed by atoms with Crippen molar-refractivity contribution in [3.8, 4) is 0 Å². The normalized spacial score (nSPS) is 10.2. The molecule has 0 fully saturated rings. The van der Waals surface area contributed by atoms with Gasteiger partial charge in [-0.25, -0.2) is 4.98 Å². The van der Waals surface area contributed by atoms with Gasteiger partial charge in [-0.1, -0.05) is 35.9 Å². The fourth-order valence-electron chi connectivity index (χ4n) is 1.83. The molecule has 0 aliphatic heterocycles. The predicted molar refractivity (Wildman–Crippen MR) is 78.3 cm³/mol. The number of carbonyl (C=O) groups is 1. The van der Waals surface area contributed by atoms with Crippen LogP contribution in [-0.4, -0.2) is 15.8 Å². The number of halogens is 1. The molecule has 0 bridgehead atoms. The minimum Gasteiger partial charge on any atom is -0.348 e. The van der Waals surface area contributed by atoms with Crippen LogP contribution in [0.4, 0.5) is 5.69 Å². The molecule has 1 aromatic heterocycles. The lowest BCUT2D eigenvalue weighted by Gasteiger charge is -2.08. The number of nitrogens with one attached hydrogen (secondary N) is 1. The van der Waals surface area contributed by atoms with E-state index in [1.807, 2.05) is 31.2 Å². The Hall–Kier alpha value is -2.47. The second kappa shape index (κ2) is 6.32. The zero-order chi connectivity index (χ0) is 15.4. The van der Waals surface area contributed by atoms with Gasteiger partial charge >= 0.3 is 0 Å². The summed E-state index contributed by atoms with van der Waals surface area (Å²) < 4.78 is 0. The Morgan fingerprint density at radius 1 is 1.43 bits per heavy atom. The average molecular weight is 306 g/mol. The molecule has 1 N–H and O–H groups in total. The molecule has 0 unspecified atom stereocenters. The number of hydrogen-bond donors (Lipinski definition) is 1. The highest BCUT2D eigenvalue weighted by atomic mass is 35.5. The van der Waals surface area contributed by atoms with Crippen LogP contribution in [0.15, 0.2) is 36.5 Å². The first-order valence-corrected chi connectivity index (χ1v) is 6.49. The van der Waals surface area contributed by atoms with E-state index in [9.17, 15) is 14.9 Å². The molecule has 2 rings (SSSR count). The predicted octanol–water partition coefficient (Wildman–Crippen LogP) is 2.88. The van der Waals surface area contributed by atoms with Gasteiger partial charge in [-0.3, -0.25) is 14.9 Å². The van der Waals surface area contributed by atoms with Crippen molar-refractivity contribution >= 4 is 23.2 Å². The summed E-state index contributed by atoms with van der Waals surface area (Å²) in [6.07, 6.45) is 0.977. The van der Waals surface area contributed by atoms with Gasteiger partial charge in [0.15, 0.2) is 0 Å². The summed E-state index contributed by atoms with van der Waals surface area (Å²) in [7, 11) is 0. The van der Waals surface area contributed by atoms with Crippen molar-refractivity contribution in [2.24, 2.45) is 0 Å². The largest absolute Gasteiger partial charge is 0.348 e. The Balaban J connectivity index is 2.19. The van der Waals surface area contributed by atoms with Crippen molar-refractivity contribution in [2.75, 3.05) is 0 Å². The molecule has 1 heterocycles. The minimum absolute atomic E-state index is 0.0293. The number of nitro groups is 1. The van der Waals surface area contributed by atoms with E-state index in [2.05, 4.69) is 10.3 Å². The van der Waals surface area contributed by atoms with E-state index in [1.54, 1.807) is 0 Å². The highest BCUT2D eigenvalue weighted by molar-refractivity contribution is 6.29. The SMILES string of the molecule is Cc1ccccc1CNC(=O)c1cc(Cl)ncc1[N+](=O)[O-]. The van der Waals surface area contributed by atoms with Gasteiger partial charge in [-0.05, 0) is 24.1 Å².